The summed E-state index contributed by atoms with van der Waals surface area (Å²) in [5.74, 6) is 1.33. The minimum Gasteiger partial charge on any atom is -0.497 e. The lowest BCUT2D eigenvalue weighted by Crippen LogP contribution is -2.11. The lowest BCUT2D eigenvalue weighted by atomic mass is 10.2. The molecule has 2 aromatic carbocycles. The molecule has 2 rings (SSSR count). The van der Waals surface area contributed by atoms with E-state index in [2.05, 4.69) is 15.9 Å². The highest BCUT2D eigenvalue weighted by atomic mass is 79.9. The molecule has 0 radical (unpaired) electrons. The van der Waals surface area contributed by atoms with Gasteiger partial charge in [-0.3, -0.25) is 0 Å². The second-order valence-electron chi connectivity index (χ2n) is 4.14. The Kier molecular flexibility index (Phi) is 4.98. The molecule has 0 aliphatic heterocycles. The number of ether oxygens (including phenoxy) is 2. The molecule has 0 amide bonds. The summed E-state index contributed by atoms with van der Waals surface area (Å²) in [5.41, 5.74) is 7.46. The molecule has 0 atom stereocenters. The van der Waals surface area contributed by atoms with Crippen molar-refractivity contribution in [2.45, 2.75) is 6.61 Å². The maximum atomic E-state index is 5.81. The van der Waals surface area contributed by atoms with E-state index in [4.69, 9.17) is 27.4 Å². The van der Waals surface area contributed by atoms with E-state index in [1.54, 1.807) is 25.3 Å². The molecule has 0 saturated carbocycles. The van der Waals surface area contributed by atoms with Crippen LogP contribution in [0.4, 0.5) is 0 Å². The van der Waals surface area contributed by atoms with Crippen LogP contribution in [0.5, 0.6) is 11.5 Å². The predicted octanol–water partition coefficient (Wildman–Crippen LogP) is 3.67. The Morgan fingerprint density at radius 3 is 2.70 bits per heavy atom. The van der Waals surface area contributed by atoms with Crippen LogP contribution in [0.3, 0.4) is 0 Å². The van der Waals surface area contributed by atoms with Gasteiger partial charge >= 0.3 is 0 Å². The molecule has 20 heavy (non-hydrogen) atoms. The SMILES string of the molecule is COc1ccc(C(N)=S)c(OCc2cccc(Br)c2)c1. The smallest absolute Gasteiger partial charge is 0.133 e. The van der Waals surface area contributed by atoms with Crippen molar-refractivity contribution >= 4 is 33.1 Å². The molecule has 2 N–H and O–H groups in total. The van der Waals surface area contributed by atoms with Crippen LogP contribution >= 0.6 is 28.1 Å². The van der Waals surface area contributed by atoms with Crippen molar-refractivity contribution in [3.8, 4) is 11.5 Å². The minimum absolute atomic E-state index is 0.303. The summed E-state index contributed by atoms with van der Waals surface area (Å²) >= 11 is 8.46. The minimum atomic E-state index is 0.303. The Morgan fingerprint density at radius 2 is 2.05 bits per heavy atom. The third-order valence-corrected chi connectivity index (χ3v) is 3.45. The van der Waals surface area contributed by atoms with Crippen LogP contribution < -0.4 is 15.2 Å². The molecule has 104 valence electrons. The van der Waals surface area contributed by atoms with E-state index in [-0.39, 0.29) is 0 Å². The highest BCUT2D eigenvalue weighted by molar-refractivity contribution is 9.10. The van der Waals surface area contributed by atoms with E-state index in [1.807, 2.05) is 24.3 Å². The average molecular weight is 352 g/mol. The topological polar surface area (TPSA) is 44.5 Å². The summed E-state index contributed by atoms with van der Waals surface area (Å²) in [6.07, 6.45) is 0. The summed E-state index contributed by atoms with van der Waals surface area (Å²) in [4.78, 5) is 0.303. The molecule has 0 unspecified atom stereocenters. The Morgan fingerprint density at radius 1 is 1.25 bits per heavy atom. The van der Waals surface area contributed by atoms with Crippen LogP contribution in [0.2, 0.25) is 0 Å². The lowest BCUT2D eigenvalue weighted by molar-refractivity contribution is 0.303. The van der Waals surface area contributed by atoms with Gasteiger partial charge in [0.05, 0.1) is 12.7 Å². The first-order chi connectivity index (χ1) is 9.60. The standard InChI is InChI=1S/C15H14BrNO2S/c1-18-12-5-6-13(15(17)20)14(8-12)19-9-10-3-2-4-11(16)7-10/h2-8H,9H2,1H3,(H2,17,20). The molecule has 0 bridgehead atoms. The first kappa shape index (κ1) is 14.8. The maximum Gasteiger partial charge on any atom is 0.133 e. The number of halogens is 1. The number of methoxy groups -OCH3 is 1. The summed E-state index contributed by atoms with van der Waals surface area (Å²) in [6.45, 7) is 0.433. The maximum absolute atomic E-state index is 5.81. The molecule has 3 nitrogen and oxygen atoms in total. The van der Waals surface area contributed by atoms with E-state index in [0.717, 1.165) is 10.0 Å². The van der Waals surface area contributed by atoms with Gasteiger partial charge in [0.1, 0.15) is 23.1 Å². The van der Waals surface area contributed by atoms with E-state index in [9.17, 15) is 0 Å². The monoisotopic (exact) mass is 351 g/mol. The summed E-state index contributed by atoms with van der Waals surface area (Å²) in [6, 6.07) is 13.3. The normalized spacial score (nSPS) is 10.1. The Balaban J connectivity index is 2.21. The van der Waals surface area contributed by atoms with Gasteiger partial charge in [-0.1, -0.05) is 40.3 Å². The van der Waals surface area contributed by atoms with Gasteiger partial charge in [0.2, 0.25) is 0 Å². The summed E-state index contributed by atoms with van der Waals surface area (Å²) < 4.78 is 12.0. The summed E-state index contributed by atoms with van der Waals surface area (Å²) in [5, 5.41) is 0. The Hall–Kier alpha value is -1.59. The van der Waals surface area contributed by atoms with Crippen molar-refractivity contribution < 1.29 is 9.47 Å². The highest BCUT2D eigenvalue weighted by Gasteiger charge is 2.08. The molecule has 0 spiro atoms. The van der Waals surface area contributed by atoms with Crippen molar-refractivity contribution in [2.24, 2.45) is 5.73 Å². The van der Waals surface area contributed by atoms with Crippen LogP contribution in [0.25, 0.3) is 0 Å². The number of thiocarbonyl (C=S) groups is 1. The molecule has 0 aromatic heterocycles. The third-order valence-electron chi connectivity index (χ3n) is 2.74. The van der Waals surface area contributed by atoms with Gasteiger partial charge in [-0.05, 0) is 29.8 Å². The number of benzene rings is 2. The van der Waals surface area contributed by atoms with E-state index < -0.39 is 0 Å². The molecular weight excluding hydrogens is 338 g/mol. The van der Waals surface area contributed by atoms with Crippen molar-refractivity contribution in [2.75, 3.05) is 7.11 Å². The van der Waals surface area contributed by atoms with Gasteiger partial charge in [-0.2, -0.15) is 0 Å². The zero-order valence-electron chi connectivity index (χ0n) is 10.9. The van der Waals surface area contributed by atoms with Crippen molar-refractivity contribution in [3.63, 3.8) is 0 Å². The fraction of sp³-hybridized carbons (Fsp3) is 0.133. The van der Waals surface area contributed by atoms with Crippen molar-refractivity contribution in [3.05, 3.63) is 58.1 Å². The van der Waals surface area contributed by atoms with Crippen LogP contribution in [0, 0.1) is 0 Å². The first-order valence-electron chi connectivity index (χ1n) is 5.95. The van der Waals surface area contributed by atoms with Gasteiger partial charge in [0.15, 0.2) is 0 Å². The fourth-order valence-corrected chi connectivity index (χ4v) is 2.36. The van der Waals surface area contributed by atoms with Gasteiger partial charge in [-0.25, -0.2) is 0 Å². The Bertz CT molecular complexity index is 631. The second-order valence-corrected chi connectivity index (χ2v) is 5.50. The second kappa shape index (κ2) is 6.72. The number of rotatable bonds is 5. The Labute approximate surface area is 131 Å². The van der Waals surface area contributed by atoms with Crippen LogP contribution in [-0.4, -0.2) is 12.1 Å². The average Bonchev–Trinajstić information content (AvgIpc) is 2.44. The molecule has 0 aliphatic rings. The molecule has 0 aliphatic carbocycles. The first-order valence-corrected chi connectivity index (χ1v) is 7.15. The molecule has 0 fully saturated rings. The number of nitrogens with two attached hydrogens (primary N) is 1. The third kappa shape index (κ3) is 3.71. The molecule has 0 heterocycles. The van der Waals surface area contributed by atoms with Gasteiger partial charge in [0, 0.05) is 10.5 Å². The highest BCUT2D eigenvalue weighted by Crippen LogP contribution is 2.26. The van der Waals surface area contributed by atoms with Gasteiger partial charge in [-0.15, -0.1) is 0 Å². The number of hydrogen-bond donors (Lipinski definition) is 1. The zero-order chi connectivity index (χ0) is 14.5. The molecule has 0 saturated heterocycles. The van der Waals surface area contributed by atoms with E-state index in [0.29, 0.717) is 28.7 Å². The summed E-state index contributed by atoms with van der Waals surface area (Å²) in [7, 11) is 1.61. The zero-order valence-corrected chi connectivity index (χ0v) is 13.3. The quantitative estimate of drug-likeness (QED) is 0.834. The van der Waals surface area contributed by atoms with Crippen LogP contribution in [0.1, 0.15) is 11.1 Å². The fourth-order valence-electron chi connectivity index (χ4n) is 1.74. The largest absolute Gasteiger partial charge is 0.497 e. The van der Waals surface area contributed by atoms with Crippen molar-refractivity contribution in [1.29, 1.82) is 0 Å². The van der Waals surface area contributed by atoms with Gasteiger partial charge < -0.3 is 15.2 Å². The molecule has 2 aromatic rings. The van der Waals surface area contributed by atoms with Crippen molar-refractivity contribution in [1.82, 2.24) is 0 Å². The van der Waals surface area contributed by atoms with E-state index in [1.165, 1.54) is 0 Å². The van der Waals surface area contributed by atoms with E-state index >= 15 is 0 Å². The molecule has 5 heteroatoms. The molecular formula is C15H14BrNO2S. The number of hydrogen-bond acceptors (Lipinski definition) is 3. The lowest BCUT2D eigenvalue weighted by Gasteiger charge is -2.12. The predicted molar refractivity (Wildman–Crippen MR) is 87.4 cm³/mol. The van der Waals surface area contributed by atoms with Gasteiger partial charge in [0.25, 0.3) is 0 Å². The van der Waals surface area contributed by atoms with Crippen LogP contribution in [0.15, 0.2) is 46.9 Å². The van der Waals surface area contributed by atoms with Crippen LogP contribution in [-0.2, 0) is 6.61 Å².